The lowest BCUT2D eigenvalue weighted by molar-refractivity contribution is -0.00797. The van der Waals surface area contributed by atoms with Crippen LogP contribution < -0.4 is 5.73 Å². The summed E-state index contributed by atoms with van der Waals surface area (Å²) in [5.74, 6) is -0.530. The maximum atomic E-state index is 11.3. The number of aromatic nitrogens is 2. The number of carbonyl (C=O) groups excluding carboxylic acids is 1. The molecule has 0 spiro atoms. The standard InChI is InChI=1S/C11H19N3O3/c1-11(2,3)17-6-5-14-7-8(12)9(13-14)10(15)16-4/h7H,5-6,12H2,1-4H3. The zero-order valence-electron chi connectivity index (χ0n) is 10.7. The maximum absolute atomic E-state index is 11.3. The van der Waals surface area contributed by atoms with Crippen LogP contribution >= 0.6 is 0 Å². The van der Waals surface area contributed by atoms with Crippen molar-refractivity contribution in [2.24, 2.45) is 0 Å². The van der Waals surface area contributed by atoms with Crippen LogP contribution in [0.2, 0.25) is 0 Å². The van der Waals surface area contributed by atoms with Gasteiger partial charge in [0.05, 0.1) is 31.5 Å². The molecule has 1 aromatic heterocycles. The number of hydrogen-bond acceptors (Lipinski definition) is 5. The van der Waals surface area contributed by atoms with E-state index in [0.29, 0.717) is 18.8 Å². The highest BCUT2D eigenvalue weighted by Gasteiger charge is 2.15. The van der Waals surface area contributed by atoms with Crippen LogP contribution in [0.25, 0.3) is 0 Å². The number of ether oxygens (including phenoxy) is 2. The van der Waals surface area contributed by atoms with Crippen LogP contribution in [0.5, 0.6) is 0 Å². The summed E-state index contributed by atoms with van der Waals surface area (Å²) in [5, 5.41) is 4.04. The van der Waals surface area contributed by atoms with Crippen molar-refractivity contribution in [3.63, 3.8) is 0 Å². The molecule has 0 aromatic carbocycles. The molecule has 0 bridgehead atoms. The fraction of sp³-hybridized carbons (Fsp3) is 0.636. The highest BCUT2D eigenvalue weighted by molar-refractivity contribution is 5.92. The Morgan fingerprint density at radius 2 is 2.18 bits per heavy atom. The Morgan fingerprint density at radius 1 is 1.53 bits per heavy atom. The molecule has 0 atom stereocenters. The normalized spacial score (nSPS) is 11.5. The van der Waals surface area contributed by atoms with Gasteiger partial charge in [0, 0.05) is 6.20 Å². The van der Waals surface area contributed by atoms with E-state index in [1.54, 1.807) is 10.9 Å². The van der Waals surface area contributed by atoms with Crippen LogP contribution in [0.3, 0.4) is 0 Å². The Kier molecular flexibility index (Phi) is 4.11. The number of hydrogen-bond donors (Lipinski definition) is 1. The van der Waals surface area contributed by atoms with Gasteiger partial charge in [-0.25, -0.2) is 4.79 Å². The number of anilines is 1. The minimum atomic E-state index is -0.530. The van der Waals surface area contributed by atoms with Crippen LogP contribution in [0.1, 0.15) is 31.3 Å². The van der Waals surface area contributed by atoms with Crippen molar-refractivity contribution in [1.29, 1.82) is 0 Å². The molecule has 1 rings (SSSR count). The molecule has 0 radical (unpaired) electrons. The predicted molar refractivity (Wildman–Crippen MR) is 63.7 cm³/mol. The highest BCUT2D eigenvalue weighted by atomic mass is 16.5. The first-order valence-electron chi connectivity index (χ1n) is 5.38. The fourth-order valence-corrected chi connectivity index (χ4v) is 1.25. The topological polar surface area (TPSA) is 79.4 Å². The summed E-state index contributed by atoms with van der Waals surface area (Å²) in [5.41, 5.74) is 5.91. The van der Waals surface area contributed by atoms with Gasteiger partial charge in [-0.2, -0.15) is 5.10 Å². The molecule has 0 aliphatic carbocycles. The molecule has 0 aliphatic rings. The second kappa shape index (κ2) is 5.18. The molecule has 0 aliphatic heterocycles. The average Bonchev–Trinajstić information content (AvgIpc) is 2.57. The maximum Gasteiger partial charge on any atom is 0.360 e. The zero-order chi connectivity index (χ0) is 13.1. The Bertz CT molecular complexity index is 393. The van der Waals surface area contributed by atoms with Crippen LogP contribution in [-0.2, 0) is 16.0 Å². The lowest BCUT2D eigenvalue weighted by Crippen LogP contribution is -2.22. The number of nitrogens with zero attached hydrogens (tertiary/aromatic N) is 2. The second-order valence-electron chi connectivity index (χ2n) is 4.65. The van der Waals surface area contributed by atoms with Gasteiger partial charge in [0.25, 0.3) is 0 Å². The number of nitrogen functional groups attached to an aromatic ring is 1. The number of nitrogens with two attached hydrogens (primary N) is 1. The Hall–Kier alpha value is -1.56. The summed E-state index contributed by atoms with van der Waals surface area (Å²) in [4.78, 5) is 11.3. The van der Waals surface area contributed by atoms with Crippen LogP contribution in [-0.4, -0.2) is 35.1 Å². The van der Waals surface area contributed by atoms with E-state index in [-0.39, 0.29) is 11.3 Å². The van der Waals surface area contributed by atoms with Gasteiger partial charge in [0.1, 0.15) is 0 Å². The first kappa shape index (κ1) is 13.5. The third-order valence-corrected chi connectivity index (χ3v) is 2.02. The molecule has 0 unspecified atom stereocenters. The molecule has 1 aromatic rings. The molecular formula is C11H19N3O3. The monoisotopic (exact) mass is 241 g/mol. The molecule has 0 amide bonds. The van der Waals surface area contributed by atoms with E-state index in [2.05, 4.69) is 9.84 Å². The molecule has 96 valence electrons. The summed E-state index contributed by atoms with van der Waals surface area (Å²) >= 11 is 0. The Labute approximate surface area is 101 Å². The van der Waals surface area contributed by atoms with Crippen molar-refractivity contribution >= 4 is 11.7 Å². The van der Waals surface area contributed by atoms with Crippen LogP contribution in [0.4, 0.5) is 5.69 Å². The van der Waals surface area contributed by atoms with E-state index >= 15 is 0 Å². The lowest BCUT2D eigenvalue weighted by Gasteiger charge is -2.19. The van der Waals surface area contributed by atoms with Gasteiger partial charge >= 0.3 is 5.97 Å². The van der Waals surface area contributed by atoms with E-state index in [4.69, 9.17) is 10.5 Å². The first-order chi connectivity index (χ1) is 7.83. The summed E-state index contributed by atoms with van der Waals surface area (Å²) in [6, 6.07) is 0. The minimum absolute atomic E-state index is 0.142. The smallest absolute Gasteiger partial charge is 0.360 e. The van der Waals surface area contributed by atoms with Crippen molar-refractivity contribution in [2.45, 2.75) is 32.9 Å². The Balaban J connectivity index is 2.59. The van der Waals surface area contributed by atoms with Crippen molar-refractivity contribution in [3.05, 3.63) is 11.9 Å². The van der Waals surface area contributed by atoms with E-state index in [9.17, 15) is 4.79 Å². The largest absolute Gasteiger partial charge is 0.464 e. The molecule has 1 heterocycles. The third kappa shape index (κ3) is 4.07. The van der Waals surface area contributed by atoms with E-state index in [0.717, 1.165) is 0 Å². The fourth-order valence-electron chi connectivity index (χ4n) is 1.25. The average molecular weight is 241 g/mol. The molecule has 2 N–H and O–H groups in total. The van der Waals surface area contributed by atoms with Gasteiger partial charge in [0.2, 0.25) is 0 Å². The van der Waals surface area contributed by atoms with Gasteiger partial charge in [0.15, 0.2) is 5.69 Å². The molecule has 6 heteroatoms. The summed E-state index contributed by atoms with van der Waals surface area (Å²) in [6.45, 7) is 6.97. The molecule has 0 saturated heterocycles. The van der Waals surface area contributed by atoms with Gasteiger partial charge in [-0.05, 0) is 20.8 Å². The predicted octanol–water partition coefficient (Wildman–Crippen LogP) is 1.07. The van der Waals surface area contributed by atoms with Crippen molar-refractivity contribution < 1.29 is 14.3 Å². The number of esters is 1. The lowest BCUT2D eigenvalue weighted by atomic mass is 10.2. The minimum Gasteiger partial charge on any atom is -0.464 e. The SMILES string of the molecule is COC(=O)c1nn(CCOC(C)(C)C)cc1N. The van der Waals surface area contributed by atoms with E-state index in [1.807, 2.05) is 20.8 Å². The third-order valence-electron chi connectivity index (χ3n) is 2.02. The quantitative estimate of drug-likeness (QED) is 0.797. The van der Waals surface area contributed by atoms with Gasteiger partial charge in [-0.3, -0.25) is 4.68 Å². The number of rotatable bonds is 4. The molecule has 6 nitrogen and oxygen atoms in total. The van der Waals surface area contributed by atoms with Gasteiger partial charge < -0.3 is 15.2 Å². The van der Waals surface area contributed by atoms with Crippen molar-refractivity contribution in [1.82, 2.24) is 9.78 Å². The van der Waals surface area contributed by atoms with Crippen LogP contribution in [0.15, 0.2) is 6.20 Å². The molecule has 17 heavy (non-hydrogen) atoms. The van der Waals surface area contributed by atoms with Crippen molar-refractivity contribution in [3.8, 4) is 0 Å². The van der Waals surface area contributed by atoms with Gasteiger partial charge in [-0.15, -0.1) is 0 Å². The van der Waals surface area contributed by atoms with Gasteiger partial charge in [-0.1, -0.05) is 0 Å². The second-order valence-corrected chi connectivity index (χ2v) is 4.65. The summed E-state index contributed by atoms with van der Waals surface area (Å²) in [7, 11) is 1.30. The van der Waals surface area contributed by atoms with Crippen molar-refractivity contribution in [2.75, 3.05) is 19.5 Å². The van der Waals surface area contributed by atoms with E-state index in [1.165, 1.54) is 7.11 Å². The Morgan fingerprint density at radius 3 is 2.71 bits per heavy atom. The zero-order valence-corrected chi connectivity index (χ0v) is 10.7. The van der Waals surface area contributed by atoms with Crippen LogP contribution in [0, 0.1) is 0 Å². The number of carbonyl (C=O) groups is 1. The molecular weight excluding hydrogens is 222 g/mol. The summed E-state index contributed by atoms with van der Waals surface area (Å²) in [6.07, 6.45) is 1.60. The summed E-state index contributed by atoms with van der Waals surface area (Å²) < 4.78 is 11.7. The molecule has 0 saturated carbocycles. The number of methoxy groups -OCH3 is 1. The first-order valence-corrected chi connectivity index (χ1v) is 5.38. The molecule has 0 fully saturated rings. The highest BCUT2D eigenvalue weighted by Crippen LogP contribution is 2.11. The van der Waals surface area contributed by atoms with E-state index < -0.39 is 5.97 Å².